The number of benzene rings is 5. The van der Waals surface area contributed by atoms with Crippen molar-refractivity contribution in [2.45, 2.75) is 6.92 Å². The number of fused-ring (bicyclic) bond motifs is 3. The van der Waals surface area contributed by atoms with Crippen LogP contribution in [-0.2, 0) is 0 Å². The maximum absolute atomic E-state index is 6.36. The van der Waals surface area contributed by atoms with Gasteiger partial charge in [-0.3, -0.25) is 0 Å². The van der Waals surface area contributed by atoms with E-state index in [0.717, 1.165) is 27.5 Å². The predicted molar refractivity (Wildman–Crippen MR) is 152 cm³/mol. The third-order valence-electron chi connectivity index (χ3n) is 7.03. The molecule has 168 valence electrons. The van der Waals surface area contributed by atoms with E-state index in [1.165, 1.54) is 23.1 Å². The van der Waals surface area contributed by atoms with Crippen LogP contribution in [-0.4, -0.2) is 13.3 Å². The molecule has 0 aliphatic carbocycles. The van der Waals surface area contributed by atoms with Crippen molar-refractivity contribution in [2.75, 3.05) is 0 Å². The average molecular weight is 511 g/mol. The molecule has 35 heavy (non-hydrogen) atoms. The fraction of sp³-hybridized carbons (Fsp3) is 0.0303. The van der Waals surface area contributed by atoms with E-state index in [2.05, 4.69) is 135 Å². The van der Waals surface area contributed by atoms with E-state index in [9.17, 15) is 0 Å². The number of hydrogen-bond acceptors (Lipinski definition) is 1. The van der Waals surface area contributed by atoms with Gasteiger partial charge in [-0.1, -0.05) is 0 Å². The molecule has 1 aromatic heterocycles. The first-order valence-corrected chi connectivity index (χ1v) is 16.2. The van der Waals surface area contributed by atoms with E-state index in [1.807, 2.05) is 6.08 Å². The third kappa shape index (κ3) is 3.46. The summed E-state index contributed by atoms with van der Waals surface area (Å²) in [7, 11) is 0. The third-order valence-corrected chi connectivity index (χ3v) is 17.0. The summed E-state index contributed by atoms with van der Waals surface area (Å²) in [4.78, 5) is 0. The van der Waals surface area contributed by atoms with E-state index in [4.69, 9.17) is 4.42 Å². The molecule has 6 aromatic rings. The van der Waals surface area contributed by atoms with Crippen LogP contribution in [0.15, 0.2) is 132 Å². The topological polar surface area (TPSA) is 13.1 Å². The van der Waals surface area contributed by atoms with Crippen LogP contribution < -0.4 is 17.6 Å². The summed E-state index contributed by atoms with van der Waals surface area (Å²) in [5.74, 6) is 0. The Labute approximate surface area is 208 Å². The van der Waals surface area contributed by atoms with E-state index in [1.54, 1.807) is 0 Å². The first-order valence-electron chi connectivity index (χ1n) is 12.0. The molecule has 0 atom stereocenters. The van der Waals surface area contributed by atoms with Crippen molar-refractivity contribution in [1.29, 1.82) is 0 Å². The van der Waals surface area contributed by atoms with Gasteiger partial charge in [0.05, 0.1) is 0 Å². The maximum atomic E-state index is 6.36. The Bertz CT molecular complexity index is 1550. The first-order chi connectivity index (χ1) is 17.2. The molecule has 0 amide bonds. The summed E-state index contributed by atoms with van der Waals surface area (Å²) < 4.78 is 12.0. The normalized spacial score (nSPS) is 11.7. The second-order valence-electron chi connectivity index (χ2n) is 9.10. The second-order valence-corrected chi connectivity index (χ2v) is 17.1. The molecule has 0 fully saturated rings. The molecular formula is C33H26GeO. The van der Waals surface area contributed by atoms with Gasteiger partial charge in [-0.05, 0) is 0 Å². The van der Waals surface area contributed by atoms with Crippen LogP contribution in [0.25, 0.3) is 28.0 Å². The van der Waals surface area contributed by atoms with Gasteiger partial charge in [-0.25, -0.2) is 0 Å². The Balaban J connectivity index is 1.81. The van der Waals surface area contributed by atoms with Crippen LogP contribution in [0.3, 0.4) is 0 Å². The van der Waals surface area contributed by atoms with Crippen LogP contribution in [0.5, 0.6) is 0 Å². The Morgan fingerprint density at radius 2 is 1.14 bits per heavy atom. The van der Waals surface area contributed by atoms with Crippen LogP contribution in [0.2, 0.25) is 0 Å². The van der Waals surface area contributed by atoms with Crippen molar-refractivity contribution in [3.8, 4) is 0 Å². The zero-order valence-corrected chi connectivity index (χ0v) is 21.8. The summed E-state index contributed by atoms with van der Waals surface area (Å²) >= 11 is -3.37. The van der Waals surface area contributed by atoms with Crippen molar-refractivity contribution in [2.24, 2.45) is 0 Å². The molecule has 6 rings (SSSR count). The minimum absolute atomic E-state index is 0.912. The number of hydrogen-bond donors (Lipinski definition) is 0. The van der Waals surface area contributed by atoms with Gasteiger partial charge >= 0.3 is 209 Å². The monoisotopic (exact) mass is 512 g/mol. The molecule has 0 unspecified atom stereocenters. The molecule has 0 radical (unpaired) electrons. The second kappa shape index (κ2) is 8.76. The van der Waals surface area contributed by atoms with Gasteiger partial charge in [0, 0.05) is 0 Å². The number of aryl methyl sites for hydroxylation is 1. The van der Waals surface area contributed by atoms with Gasteiger partial charge in [0.2, 0.25) is 0 Å². The summed E-state index contributed by atoms with van der Waals surface area (Å²) in [5.41, 5.74) is 4.11. The zero-order valence-electron chi connectivity index (χ0n) is 19.7. The zero-order chi connectivity index (χ0) is 23.8. The van der Waals surface area contributed by atoms with Crippen LogP contribution >= 0.6 is 0 Å². The first kappa shape index (κ1) is 21.7. The van der Waals surface area contributed by atoms with Gasteiger partial charge in [0.15, 0.2) is 0 Å². The van der Waals surface area contributed by atoms with Gasteiger partial charge in [0.1, 0.15) is 0 Å². The molecule has 0 saturated carbocycles. The quantitative estimate of drug-likeness (QED) is 0.262. The van der Waals surface area contributed by atoms with Crippen LogP contribution in [0, 0.1) is 6.92 Å². The van der Waals surface area contributed by atoms with Crippen LogP contribution in [0.1, 0.15) is 11.1 Å². The van der Waals surface area contributed by atoms with E-state index in [-0.39, 0.29) is 0 Å². The van der Waals surface area contributed by atoms with Crippen molar-refractivity contribution >= 4 is 58.9 Å². The van der Waals surface area contributed by atoms with E-state index < -0.39 is 13.3 Å². The fourth-order valence-electron chi connectivity index (χ4n) is 5.45. The molecule has 2 heteroatoms. The molecular weight excluding hydrogens is 485 g/mol. The molecule has 0 aliphatic heterocycles. The Morgan fingerprint density at radius 1 is 0.600 bits per heavy atom. The summed E-state index contributed by atoms with van der Waals surface area (Å²) in [6.07, 6.45) is 1.94. The SMILES string of the molecule is C=Cc1c[c]([Ge]([c]2ccccc2)([c]2ccccc2)[c]2ccccc2)cc2c1oc1ccc(C)cc12. The molecule has 0 aliphatic rings. The van der Waals surface area contributed by atoms with Crippen molar-refractivity contribution in [3.05, 3.63) is 139 Å². The molecule has 0 spiro atoms. The summed E-state index contributed by atoms with van der Waals surface area (Å²) in [6.45, 7) is 6.31. The molecule has 5 aromatic carbocycles. The Hall–Kier alpha value is -3.82. The van der Waals surface area contributed by atoms with Gasteiger partial charge in [-0.15, -0.1) is 0 Å². The van der Waals surface area contributed by atoms with Gasteiger partial charge in [0.25, 0.3) is 0 Å². The Kier molecular flexibility index (Phi) is 5.43. The molecule has 0 N–H and O–H groups in total. The number of furan rings is 1. The molecule has 0 bridgehead atoms. The average Bonchev–Trinajstić information content (AvgIpc) is 3.28. The summed E-state index contributed by atoms with van der Waals surface area (Å²) in [5, 5.41) is 2.32. The van der Waals surface area contributed by atoms with Crippen molar-refractivity contribution in [1.82, 2.24) is 0 Å². The predicted octanol–water partition coefficient (Wildman–Crippen LogP) is 5.91. The number of rotatable bonds is 5. The van der Waals surface area contributed by atoms with Gasteiger partial charge in [-0.2, -0.15) is 0 Å². The van der Waals surface area contributed by atoms with E-state index >= 15 is 0 Å². The van der Waals surface area contributed by atoms with E-state index in [0.29, 0.717) is 0 Å². The molecule has 1 heterocycles. The standard InChI is InChI=1S/C33H26GeO/c1-3-25-22-29(23-31-30-21-24(2)19-20-32(30)35-33(25)31)34(26-13-7-4-8-14-26,27-15-9-5-10-16-27)28-17-11-6-12-18-28/h3-23H,1H2,2H3. The fourth-order valence-corrected chi connectivity index (χ4v) is 15.5. The van der Waals surface area contributed by atoms with Crippen molar-refractivity contribution < 1.29 is 4.42 Å². The van der Waals surface area contributed by atoms with Gasteiger partial charge < -0.3 is 0 Å². The van der Waals surface area contributed by atoms with Crippen LogP contribution in [0.4, 0.5) is 0 Å². The summed E-state index contributed by atoms with van der Waals surface area (Å²) in [6, 6.07) is 44.4. The molecule has 0 saturated heterocycles. The minimum atomic E-state index is -3.37. The Morgan fingerprint density at radius 3 is 1.66 bits per heavy atom. The molecule has 1 nitrogen and oxygen atoms in total. The van der Waals surface area contributed by atoms with Crippen molar-refractivity contribution in [3.63, 3.8) is 0 Å².